The molecule has 2 aromatic rings. The van der Waals surface area contributed by atoms with E-state index in [1.807, 2.05) is 6.07 Å². The first kappa shape index (κ1) is 8.38. The maximum Gasteiger partial charge on any atom is 0.164 e. The summed E-state index contributed by atoms with van der Waals surface area (Å²) in [6.07, 6.45) is 3.20. The summed E-state index contributed by atoms with van der Waals surface area (Å²) >= 11 is 0. The van der Waals surface area contributed by atoms with Crippen molar-refractivity contribution in [3.8, 4) is 11.8 Å². The van der Waals surface area contributed by atoms with Crippen molar-refractivity contribution in [3.63, 3.8) is 0 Å². The Bertz CT molecular complexity index is 523. The number of aromatic nitrogens is 2. The summed E-state index contributed by atoms with van der Waals surface area (Å²) in [5.74, 6) is 0.463. The number of ether oxygens (including phenoxy) is 1. The van der Waals surface area contributed by atoms with Crippen molar-refractivity contribution in [1.29, 1.82) is 5.26 Å². The Kier molecular flexibility index (Phi) is 1.75. The highest BCUT2D eigenvalue weighted by atomic mass is 16.5. The van der Waals surface area contributed by atoms with E-state index in [0.717, 1.165) is 0 Å². The van der Waals surface area contributed by atoms with Crippen LogP contribution in [0.5, 0.6) is 5.75 Å². The molecule has 0 amide bonds. The lowest BCUT2D eigenvalue weighted by Gasteiger charge is -2.04. The molecule has 0 fully saturated rings. The van der Waals surface area contributed by atoms with Gasteiger partial charge in [0.05, 0.1) is 24.6 Å². The van der Waals surface area contributed by atoms with Crippen LogP contribution >= 0.6 is 0 Å². The van der Waals surface area contributed by atoms with Gasteiger partial charge in [-0.15, -0.1) is 0 Å². The SMILES string of the molecule is COc1c(C#N)ccn2ncc(N)c12. The van der Waals surface area contributed by atoms with Gasteiger partial charge in [0.25, 0.3) is 0 Å². The number of nitriles is 1. The molecule has 2 rings (SSSR count). The van der Waals surface area contributed by atoms with Gasteiger partial charge in [-0.1, -0.05) is 0 Å². The van der Waals surface area contributed by atoms with Crippen LogP contribution in [0.3, 0.4) is 0 Å². The van der Waals surface area contributed by atoms with Gasteiger partial charge in [-0.05, 0) is 6.07 Å². The van der Waals surface area contributed by atoms with E-state index >= 15 is 0 Å². The molecule has 5 nitrogen and oxygen atoms in total. The van der Waals surface area contributed by atoms with E-state index in [1.165, 1.54) is 13.3 Å². The quantitative estimate of drug-likeness (QED) is 0.718. The Morgan fingerprint density at radius 1 is 1.64 bits per heavy atom. The number of hydrogen-bond donors (Lipinski definition) is 1. The molecule has 0 unspecified atom stereocenters. The highest BCUT2D eigenvalue weighted by molar-refractivity contribution is 5.79. The molecule has 0 spiro atoms. The molecule has 0 aliphatic carbocycles. The average Bonchev–Trinajstić information content (AvgIpc) is 2.59. The van der Waals surface area contributed by atoms with E-state index in [9.17, 15) is 0 Å². The highest BCUT2D eigenvalue weighted by Crippen LogP contribution is 2.28. The Morgan fingerprint density at radius 2 is 2.43 bits per heavy atom. The van der Waals surface area contributed by atoms with E-state index in [-0.39, 0.29) is 0 Å². The van der Waals surface area contributed by atoms with Gasteiger partial charge in [0.15, 0.2) is 5.75 Å². The summed E-state index contributed by atoms with van der Waals surface area (Å²) in [4.78, 5) is 0. The van der Waals surface area contributed by atoms with Crippen molar-refractivity contribution < 1.29 is 4.74 Å². The number of hydrogen-bond acceptors (Lipinski definition) is 4. The number of methoxy groups -OCH3 is 1. The predicted octanol–water partition coefficient (Wildman–Crippen LogP) is 0.797. The normalized spacial score (nSPS) is 10.0. The van der Waals surface area contributed by atoms with E-state index in [0.29, 0.717) is 22.5 Å². The Morgan fingerprint density at radius 3 is 3.07 bits per heavy atom. The maximum absolute atomic E-state index is 8.84. The molecular weight excluding hydrogens is 180 g/mol. The highest BCUT2D eigenvalue weighted by Gasteiger charge is 2.11. The molecule has 5 heteroatoms. The van der Waals surface area contributed by atoms with Crippen LogP contribution in [0.1, 0.15) is 5.56 Å². The van der Waals surface area contributed by atoms with E-state index in [2.05, 4.69) is 5.10 Å². The number of fused-ring (bicyclic) bond motifs is 1. The minimum atomic E-state index is 0.451. The van der Waals surface area contributed by atoms with E-state index in [1.54, 1.807) is 16.8 Å². The first-order valence-electron chi connectivity index (χ1n) is 3.98. The Balaban J connectivity index is 2.89. The fraction of sp³-hybridized carbons (Fsp3) is 0.111. The summed E-state index contributed by atoms with van der Waals surface area (Å²) in [6, 6.07) is 3.67. The molecule has 0 aliphatic heterocycles. The first-order chi connectivity index (χ1) is 6.77. The second-order valence-corrected chi connectivity index (χ2v) is 2.77. The van der Waals surface area contributed by atoms with Crippen LogP contribution in [-0.2, 0) is 0 Å². The van der Waals surface area contributed by atoms with Gasteiger partial charge in [-0.25, -0.2) is 4.52 Å². The van der Waals surface area contributed by atoms with Gasteiger partial charge >= 0.3 is 0 Å². The Labute approximate surface area is 80.3 Å². The van der Waals surface area contributed by atoms with Crippen LogP contribution in [0.15, 0.2) is 18.5 Å². The van der Waals surface area contributed by atoms with Gasteiger partial charge in [-0.3, -0.25) is 0 Å². The fourth-order valence-corrected chi connectivity index (χ4v) is 1.37. The van der Waals surface area contributed by atoms with E-state index < -0.39 is 0 Å². The molecule has 70 valence electrons. The van der Waals surface area contributed by atoms with Crippen molar-refractivity contribution in [2.45, 2.75) is 0 Å². The fourth-order valence-electron chi connectivity index (χ4n) is 1.37. The monoisotopic (exact) mass is 188 g/mol. The number of nitrogens with zero attached hydrogens (tertiary/aromatic N) is 3. The zero-order valence-electron chi connectivity index (χ0n) is 7.56. The van der Waals surface area contributed by atoms with Gasteiger partial charge < -0.3 is 10.5 Å². The predicted molar refractivity (Wildman–Crippen MR) is 50.9 cm³/mol. The zero-order chi connectivity index (χ0) is 10.1. The smallest absolute Gasteiger partial charge is 0.164 e. The first-order valence-corrected chi connectivity index (χ1v) is 3.98. The second-order valence-electron chi connectivity index (χ2n) is 2.77. The molecule has 0 bridgehead atoms. The number of nitrogen functional groups attached to an aromatic ring is 1. The van der Waals surface area contributed by atoms with Crippen LogP contribution in [0, 0.1) is 11.3 Å². The molecule has 0 aromatic carbocycles. The van der Waals surface area contributed by atoms with Gasteiger partial charge in [-0.2, -0.15) is 10.4 Å². The maximum atomic E-state index is 8.84. The largest absolute Gasteiger partial charge is 0.493 e. The molecule has 0 saturated heterocycles. The standard InChI is InChI=1S/C9H8N4O/c1-14-9-6(4-10)2-3-13-8(9)7(11)5-12-13/h2-3,5H,11H2,1H3. The third kappa shape index (κ3) is 0.977. The molecular formula is C9H8N4O. The third-order valence-corrected chi connectivity index (χ3v) is 1.99. The number of nitrogens with two attached hydrogens (primary N) is 1. The van der Waals surface area contributed by atoms with E-state index in [4.69, 9.17) is 15.7 Å². The molecule has 0 radical (unpaired) electrons. The zero-order valence-corrected chi connectivity index (χ0v) is 7.56. The summed E-state index contributed by atoms with van der Waals surface area (Å²) in [5.41, 5.74) is 7.28. The minimum absolute atomic E-state index is 0.451. The van der Waals surface area contributed by atoms with Crippen LogP contribution in [0.2, 0.25) is 0 Å². The molecule has 0 saturated carbocycles. The molecule has 2 N–H and O–H groups in total. The summed E-state index contributed by atoms with van der Waals surface area (Å²) in [5, 5.41) is 12.8. The van der Waals surface area contributed by atoms with Gasteiger partial charge in [0.1, 0.15) is 11.6 Å². The Hall–Kier alpha value is -2.22. The molecule has 2 heterocycles. The van der Waals surface area contributed by atoms with Crippen molar-refractivity contribution in [3.05, 3.63) is 24.0 Å². The summed E-state index contributed by atoms with van der Waals surface area (Å²) in [6.45, 7) is 0. The van der Waals surface area contributed by atoms with Crippen LogP contribution < -0.4 is 10.5 Å². The number of anilines is 1. The van der Waals surface area contributed by atoms with Crippen molar-refractivity contribution in [1.82, 2.24) is 9.61 Å². The number of pyridine rings is 1. The third-order valence-electron chi connectivity index (χ3n) is 1.99. The van der Waals surface area contributed by atoms with Gasteiger partial charge in [0, 0.05) is 6.20 Å². The number of rotatable bonds is 1. The molecule has 14 heavy (non-hydrogen) atoms. The molecule has 0 atom stereocenters. The van der Waals surface area contributed by atoms with Crippen LogP contribution in [0.25, 0.3) is 5.52 Å². The summed E-state index contributed by atoms with van der Waals surface area (Å²) in [7, 11) is 1.50. The van der Waals surface area contributed by atoms with Crippen LogP contribution in [-0.4, -0.2) is 16.7 Å². The lowest BCUT2D eigenvalue weighted by molar-refractivity contribution is 0.416. The van der Waals surface area contributed by atoms with Crippen LogP contribution in [0.4, 0.5) is 5.69 Å². The molecule has 2 aromatic heterocycles. The van der Waals surface area contributed by atoms with Crippen molar-refractivity contribution in [2.75, 3.05) is 12.8 Å². The lowest BCUT2D eigenvalue weighted by Crippen LogP contribution is -1.95. The minimum Gasteiger partial charge on any atom is -0.493 e. The topological polar surface area (TPSA) is 76.3 Å². The second kappa shape index (κ2) is 2.92. The average molecular weight is 188 g/mol. The summed E-state index contributed by atoms with van der Waals surface area (Å²) < 4.78 is 6.70. The van der Waals surface area contributed by atoms with Crippen molar-refractivity contribution >= 4 is 11.2 Å². The lowest BCUT2D eigenvalue weighted by atomic mass is 10.2. The van der Waals surface area contributed by atoms with Crippen molar-refractivity contribution in [2.24, 2.45) is 0 Å². The van der Waals surface area contributed by atoms with Gasteiger partial charge in [0.2, 0.25) is 0 Å². The molecule has 0 aliphatic rings.